The number of hydrogen-bond acceptors (Lipinski definition) is 3. The Balaban J connectivity index is 1.70. The van der Waals surface area contributed by atoms with Gasteiger partial charge in [-0.25, -0.2) is 0 Å². The van der Waals surface area contributed by atoms with Gasteiger partial charge in [-0.05, 0) is 24.1 Å². The number of thiocarbonyl (C=S) groups is 1. The lowest BCUT2D eigenvalue weighted by Gasteiger charge is -2.03. The lowest BCUT2D eigenvalue weighted by molar-refractivity contribution is 1.07. The third-order valence-electron chi connectivity index (χ3n) is 2.90. The van der Waals surface area contributed by atoms with Gasteiger partial charge in [0.25, 0.3) is 0 Å². The number of hydrazone groups is 1. The molecular weight excluding hydrogens is 308 g/mol. The molecule has 0 aromatic heterocycles. The van der Waals surface area contributed by atoms with Gasteiger partial charge >= 0.3 is 0 Å². The summed E-state index contributed by atoms with van der Waals surface area (Å²) in [6, 6.07) is 18.6. The maximum atomic E-state index is 5.24. The zero-order chi connectivity index (χ0) is 15.6. The molecule has 0 aliphatic rings. The van der Waals surface area contributed by atoms with Gasteiger partial charge in [-0.1, -0.05) is 90.2 Å². The van der Waals surface area contributed by atoms with E-state index in [0.717, 1.165) is 11.3 Å². The fraction of sp³-hybridized carbons (Fsp3) is 0.111. The molecule has 0 heterocycles. The fourth-order valence-electron chi connectivity index (χ4n) is 1.72. The molecule has 0 unspecified atom stereocenters. The number of thioether (sulfide) groups is 1. The van der Waals surface area contributed by atoms with Crippen molar-refractivity contribution in [2.45, 2.75) is 12.7 Å². The minimum Gasteiger partial charge on any atom is -0.262 e. The van der Waals surface area contributed by atoms with Crippen molar-refractivity contribution in [2.24, 2.45) is 5.10 Å². The first-order chi connectivity index (χ1) is 10.7. The highest BCUT2D eigenvalue weighted by Gasteiger charge is 1.97. The molecule has 112 valence electrons. The van der Waals surface area contributed by atoms with Gasteiger partial charge in [0.2, 0.25) is 0 Å². The summed E-state index contributed by atoms with van der Waals surface area (Å²) in [5, 5.41) is 4.09. The van der Waals surface area contributed by atoms with E-state index in [9.17, 15) is 0 Å². The third kappa shape index (κ3) is 6.24. The first-order valence-corrected chi connectivity index (χ1v) is 8.36. The van der Waals surface area contributed by atoms with Crippen LogP contribution in [0.15, 0.2) is 65.8 Å². The minimum absolute atomic E-state index is 0.671. The Kier molecular flexibility index (Phi) is 6.87. The molecular formula is C18H18N2S2. The monoisotopic (exact) mass is 326 g/mol. The van der Waals surface area contributed by atoms with Crippen LogP contribution in [0.3, 0.4) is 0 Å². The number of nitrogens with one attached hydrogen (secondary N) is 1. The van der Waals surface area contributed by atoms with Crippen LogP contribution in [0.1, 0.15) is 16.7 Å². The quantitative estimate of drug-likeness (QED) is 0.485. The molecule has 4 heteroatoms. The number of aryl methyl sites for hydroxylation is 1. The first kappa shape index (κ1) is 16.5. The number of benzene rings is 2. The molecule has 0 atom stereocenters. The number of hydrogen-bond donors (Lipinski definition) is 1. The minimum atomic E-state index is 0.671. The molecule has 1 N–H and O–H groups in total. The molecule has 0 amide bonds. The molecule has 0 aliphatic heterocycles. The average molecular weight is 326 g/mol. The second-order valence-electron chi connectivity index (χ2n) is 4.72. The number of nitrogens with zero attached hydrogens (tertiary/aromatic N) is 1. The zero-order valence-corrected chi connectivity index (χ0v) is 14.0. The predicted molar refractivity (Wildman–Crippen MR) is 102 cm³/mol. The standard InChI is InChI=1S/C18H18N2S2/c1-15-9-11-17(12-10-15)14-22-18(21)20-19-13-5-8-16-6-3-2-4-7-16/h2-13H,14H2,1H3,(H,20,21)/b8-5+,19-13+. The summed E-state index contributed by atoms with van der Waals surface area (Å²) in [7, 11) is 0. The van der Waals surface area contributed by atoms with Crippen molar-refractivity contribution in [1.82, 2.24) is 5.43 Å². The summed E-state index contributed by atoms with van der Waals surface area (Å²) in [6.07, 6.45) is 5.58. The lowest BCUT2D eigenvalue weighted by atomic mass is 10.2. The summed E-state index contributed by atoms with van der Waals surface area (Å²) in [5.41, 5.74) is 6.53. The molecule has 22 heavy (non-hydrogen) atoms. The highest BCUT2D eigenvalue weighted by Crippen LogP contribution is 2.13. The van der Waals surface area contributed by atoms with E-state index in [1.165, 1.54) is 11.1 Å². The molecule has 0 radical (unpaired) electrons. The first-order valence-electron chi connectivity index (χ1n) is 6.97. The fourth-order valence-corrected chi connectivity index (χ4v) is 2.55. The van der Waals surface area contributed by atoms with Gasteiger partial charge in [0.15, 0.2) is 4.32 Å². The summed E-state index contributed by atoms with van der Waals surface area (Å²) in [4.78, 5) is 0. The van der Waals surface area contributed by atoms with Crippen molar-refractivity contribution in [2.75, 3.05) is 0 Å². The second kappa shape index (κ2) is 9.18. The maximum absolute atomic E-state index is 5.24. The van der Waals surface area contributed by atoms with Gasteiger partial charge in [0, 0.05) is 12.0 Å². The van der Waals surface area contributed by atoms with Gasteiger partial charge < -0.3 is 0 Å². The third-order valence-corrected chi connectivity index (χ3v) is 4.17. The van der Waals surface area contributed by atoms with Crippen molar-refractivity contribution in [1.29, 1.82) is 0 Å². The molecule has 2 aromatic rings. The Bertz CT molecular complexity index is 647. The van der Waals surface area contributed by atoms with E-state index >= 15 is 0 Å². The van der Waals surface area contributed by atoms with E-state index in [4.69, 9.17) is 12.2 Å². The topological polar surface area (TPSA) is 24.4 Å². The SMILES string of the molecule is Cc1ccc(CSC(=S)N/N=C/C=C/c2ccccc2)cc1. The predicted octanol–water partition coefficient (Wildman–Crippen LogP) is 4.80. The Labute approximate surface area is 141 Å². The van der Waals surface area contributed by atoms with Crippen LogP contribution in [-0.2, 0) is 5.75 Å². The molecule has 2 rings (SSSR count). The van der Waals surface area contributed by atoms with Crippen molar-refractivity contribution < 1.29 is 0 Å². The van der Waals surface area contributed by atoms with Crippen LogP contribution in [0.25, 0.3) is 6.08 Å². The van der Waals surface area contributed by atoms with Crippen molar-refractivity contribution in [3.63, 3.8) is 0 Å². The van der Waals surface area contributed by atoms with Gasteiger partial charge in [-0.3, -0.25) is 5.43 Å². The molecule has 0 aliphatic carbocycles. The van der Waals surface area contributed by atoms with E-state index in [1.54, 1.807) is 18.0 Å². The second-order valence-corrected chi connectivity index (χ2v) is 6.37. The molecule has 2 aromatic carbocycles. The highest BCUT2D eigenvalue weighted by atomic mass is 32.2. The Hall–Kier alpha value is -1.91. The van der Waals surface area contributed by atoms with Crippen molar-refractivity contribution in [3.05, 3.63) is 77.4 Å². The molecule has 0 fully saturated rings. The van der Waals surface area contributed by atoms with Gasteiger partial charge in [-0.2, -0.15) is 5.10 Å². The summed E-state index contributed by atoms with van der Waals surface area (Å²) in [5.74, 6) is 0.849. The Morgan fingerprint density at radius 1 is 1.14 bits per heavy atom. The van der Waals surface area contributed by atoms with E-state index < -0.39 is 0 Å². The smallest absolute Gasteiger partial charge is 0.154 e. The molecule has 0 spiro atoms. The Morgan fingerprint density at radius 2 is 1.86 bits per heavy atom. The molecule has 0 saturated heterocycles. The zero-order valence-electron chi connectivity index (χ0n) is 12.4. The van der Waals surface area contributed by atoms with Crippen molar-refractivity contribution >= 4 is 40.6 Å². The normalized spacial score (nSPS) is 11.1. The van der Waals surface area contributed by atoms with Crippen LogP contribution >= 0.6 is 24.0 Å². The number of allylic oxidation sites excluding steroid dienone is 1. The molecule has 0 bridgehead atoms. The van der Waals surface area contributed by atoms with Crippen LogP contribution in [0.2, 0.25) is 0 Å². The van der Waals surface area contributed by atoms with E-state index in [-0.39, 0.29) is 0 Å². The van der Waals surface area contributed by atoms with Crippen LogP contribution in [0.4, 0.5) is 0 Å². The van der Waals surface area contributed by atoms with Crippen LogP contribution in [-0.4, -0.2) is 10.5 Å². The largest absolute Gasteiger partial charge is 0.262 e. The summed E-state index contributed by atoms with van der Waals surface area (Å²) >= 11 is 6.81. The summed E-state index contributed by atoms with van der Waals surface area (Å²) in [6.45, 7) is 2.08. The van der Waals surface area contributed by atoms with Crippen LogP contribution in [0.5, 0.6) is 0 Å². The van der Waals surface area contributed by atoms with Crippen molar-refractivity contribution in [3.8, 4) is 0 Å². The van der Waals surface area contributed by atoms with Gasteiger partial charge in [0.1, 0.15) is 0 Å². The highest BCUT2D eigenvalue weighted by molar-refractivity contribution is 8.22. The van der Waals surface area contributed by atoms with Crippen LogP contribution in [0, 0.1) is 6.92 Å². The lowest BCUT2D eigenvalue weighted by Crippen LogP contribution is -2.10. The summed E-state index contributed by atoms with van der Waals surface area (Å²) < 4.78 is 0.671. The number of rotatable bonds is 5. The maximum Gasteiger partial charge on any atom is 0.154 e. The Morgan fingerprint density at radius 3 is 2.59 bits per heavy atom. The molecule has 2 nitrogen and oxygen atoms in total. The van der Waals surface area contributed by atoms with E-state index in [1.807, 2.05) is 42.5 Å². The van der Waals surface area contributed by atoms with Gasteiger partial charge in [-0.15, -0.1) is 0 Å². The van der Waals surface area contributed by atoms with Crippen LogP contribution < -0.4 is 5.43 Å². The van der Waals surface area contributed by atoms with E-state index in [2.05, 4.69) is 41.7 Å². The molecule has 0 saturated carbocycles. The average Bonchev–Trinajstić information content (AvgIpc) is 2.55. The van der Waals surface area contributed by atoms with Gasteiger partial charge in [0.05, 0.1) is 0 Å². The van der Waals surface area contributed by atoms with E-state index in [0.29, 0.717) is 4.32 Å².